The number of hydrogen-bond donors (Lipinski definition) is 1. The molecule has 0 aromatic heterocycles. The highest BCUT2D eigenvalue weighted by atomic mass is 16.5. The zero-order chi connectivity index (χ0) is 19.1. The second-order valence-electron chi connectivity index (χ2n) is 7.48. The Morgan fingerprint density at radius 2 is 1.77 bits per heavy atom. The van der Waals surface area contributed by atoms with Crippen LogP contribution in [0.4, 0.5) is 0 Å². The minimum Gasteiger partial charge on any atom is -0.449 e. The van der Waals surface area contributed by atoms with Crippen molar-refractivity contribution in [1.29, 1.82) is 0 Å². The third kappa shape index (κ3) is 6.13. The van der Waals surface area contributed by atoms with Crippen molar-refractivity contribution in [3.8, 4) is 0 Å². The SMILES string of the molecule is CC(C)OCc1ccc(C(=O)O[C@H](C)C(=O)N[C@H]2CCCC[C@@H]2C)cc1. The van der Waals surface area contributed by atoms with E-state index in [1.807, 2.05) is 26.0 Å². The minimum absolute atomic E-state index is 0.158. The Labute approximate surface area is 156 Å². The summed E-state index contributed by atoms with van der Waals surface area (Å²) in [4.78, 5) is 24.6. The molecule has 3 atom stereocenters. The highest BCUT2D eigenvalue weighted by Crippen LogP contribution is 2.23. The van der Waals surface area contributed by atoms with Crippen molar-refractivity contribution in [3.05, 3.63) is 35.4 Å². The second kappa shape index (κ2) is 9.72. The lowest BCUT2D eigenvalue weighted by Crippen LogP contribution is -2.45. The number of ether oxygens (including phenoxy) is 2. The lowest BCUT2D eigenvalue weighted by Gasteiger charge is -2.30. The van der Waals surface area contributed by atoms with E-state index in [0.717, 1.165) is 24.8 Å². The van der Waals surface area contributed by atoms with Gasteiger partial charge in [0, 0.05) is 6.04 Å². The molecule has 0 heterocycles. The molecule has 0 saturated heterocycles. The monoisotopic (exact) mass is 361 g/mol. The van der Waals surface area contributed by atoms with Gasteiger partial charge in [0.2, 0.25) is 0 Å². The molecule has 1 aliphatic rings. The molecule has 1 aromatic carbocycles. The van der Waals surface area contributed by atoms with Gasteiger partial charge in [0.05, 0.1) is 18.3 Å². The molecular weight excluding hydrogens is 330 g/mol. The van der Waals surface area contributed by atoms with E-state index >= 15 is 0 Å². The van der Waals surface area contributed by atoms with Gasteiger partial charge in [-0.2, -0.15) is 0 Å². The van der Waals surface area contributed by atoms with Crippen LogP contribution in [0.5, 0.6) is 0 Å². The van der Waals surface area contributed by atoms with Gasteiger partial charge < -0.3 is 14.8 Å². The zero-order valence-electron chi connectivity index (χ0n) is 16.3. The summed E-state index contributed by atoms with van der Waals surface area (Å²) in [6.07, 6.45) is 3.83. The van der Waals surface area contributed by atoms with Gasteiger partial charge >= 0.3 is 5.97 Å². The molecule has 1 aromatic rings. The topological polar surface area (TPSA) is 64.6 Å². The first-order valence-electron chi connectivity index (χ1n) is 9.58. The summed E-state index contributed by atoms with van der Waals surface area (Å²) in [7, 11) is 0. The summed E-state index contributed by atoms with van der Waals surface area (Å²) < 4.78 is 10.9. The van der Waals surface area contributed by atoms with Gasteiger partial charge in [0.1, 0.15) is 0 Å². The molecule has 5 nitrogen and oxygen atoms in total. The molecular formula is C21H31NO4. The van der Waals surface area contributed by atoms with E-state index in [-0.39, 0.29) is 18.1 Å². The summed E-state index contributed by atoms with van der Waals surface area (Å²) >= 11 is 0. The van der Waals surface area contributed by atoms with Gasteiger partial charge in [-0.05, 0) is 57.2 Å². The van der Waals surface area contributed by atoms with Crippen molar-refractivity contribution in [3.63, 3.8) is 0 Å². The summed E-state index contributed by atoms with van der Waals surface area (Å²) in [5.74, 6) is -0.240. The Morgan fingerprint density at radius 1 is 1.12 bits per heavy atom. The van der Waals surface area contributed by atoms with Crippen LogP contribution >= 0.6 is 0 Å². The largest absolute Gasteiger partial charge is 0.449 e. The van der Waals surface area contributed by atoms with E-state index in [4.69, 9.17) is 9.47 Å². The second-order valence-corrected chi connectivity index (χ2v) is 7.48. The summed E-state index contributed by atoms with van der Waals surface area (Å²) in [6, 6.07) is 7.27. The fraction of sp³-hybridized carbons (Fsp3) is 0.619. The van der Waals surface area contributed by atoms with Gasteiger partial charge in [0.15, 0.2) is 6.10 Å². The highest BCUT2D eigenvalue weighted by Gasteiger charge is 2.26. The van der Waals surface area contributed by atoms with Crippen molar-refractivity contribution in [2.24, 2.45) is 5.92 Å². The number of hydrogen-bond acceptors (Lipinski definition) is 4. The van der Waals surface area contributed by atoms with E-state index in [0.29, 0.717) is 18.1 Å². The molecule has 1 fully saturated rings. The maximum Gasteiger partial charge on any atom is 0.338 e. The zero-order valence-corrected chi connectivity index (χ0v) is 16.3. The van der Waals surface area contributed by atoms with Crippen molar-refractivity contribution >= 4 is 11.9 Å². The molecule has 1 saturated carbocycles. The Kier molecular flexibility index (Phi) is 7.64. The fourth-order valence-electron chi connectivity index (χ4n) is 3.11. The molecule has 1 N–H and O–H groups in total. The summed E-state index contributed by atoms with van der Waals surface area (Å²) in [5.41, 5.74) is 1.43. The number of esters is 1. The van der Waals surface area contributed by atoms with E-state index in [2.05, 4.69) is 12.2 Å². The maximum absolute atomic E-state index is 12.3. The molecule has 0 radical (unpaired) electrons. The van der Waals surface area contributed by atoms with Crippen LogP contribution in [0.25, 0.3) is 0 Å². The number of carbonyl (C=O) groups is 2. The van der Waals surface area contributed by atoms with Crippen LogP contribution in [0, 0.1) is 5.92 Å². The normalized spacial score (nSPS) is 21.3. The molecule has 1 amide bonds. The third-order valence-electron chi connectivity index (χ3n) is 4.87. The summed E-state index contributed by atoms with van der Waals surface area (Å²) in [5, 5.41) is 3.03. The van der Waals surface area contributed by atoms with Gasteiger partial charge in [-0.1, -0.05) is 31.9 Å². The number of rotatable bonds is 7. The fourth-order valence-corrected chi connectivity index (χ4v) is 3.11. The lowest BCUT2D eigenvalue weighted by molar-refractivity contribution is -0.130. The molecule has 0 spiro atoms. The van der Waals surface area contributed by atoms with E-state index in [9.17, 15) is 9.59 Å². The maximum atomic E-state index is 12.3. The Morgan fingerprint density at radius 3 is 2.38 bits per heavy atom. The lowest BCUT2D eigenvalue weighted by atomic mass is 9.86. The molecule has 5 heteroatoms. The van der Waals surface area contributed by atoms with E-state index in [1.54, 1.807) is 19.1 Å². The van der Waals surface area contributed by atoms with Crippen molar-refractivity contribution < 1.29 is 19.1 Å². The number of nitrogens with one attached hydrogen (secondary N) is 1. The van der Waals surface area contributed by atoms with Crippen molar-refractivity contribution in [2.75, 3.05) is 0 Å². The van der Waals surface area contributed by atoms with Crippen LogP contribution in [0.1, 0.15) is 69.3 Å². The average molecular weight is 361 g/mol. The third-order valence-corrected chi connectivity index (χ3v) is 4.87. The van der Waals surface area contributed by atoms with Crippen LogP contribution in [0.15, 0.2) is 24.3 Å². The van der Waals surface area contributed by atoms with Gasteiger partial charge in [-0.25, -0.2) is 4.79 Å². The van der Waals surface area contributed by atoms with Crippen LogP contribution in [-0.4, -0.2) is 30.1 Å². The molecule has 1 aliphatic carbocycles. The number of carbonyl (C=O) groups excluding carboxylic acids is 2. The molecule has 2 rings (SSSR count). The van der Waals surface area contributed by atoms with Crippen LogP contribution in [-0.2, 0) is 20.9 Å². The Bertz CT molecular complexity index is 597. The molecule has 144 valence electrons. The number of amides is 1. The number of benzene rings is 1. The van der Waals surface area contributed by atoms with Gasteiger partial charge in [0.25, 0.3) is 5.91 Å². The van der Waals surface area contributed by atoms with Crippen molar-refractivity contribution in [2.45, 2.75) is 78.2 Å². The van der Waals surface area contributed by atoms with Crippen LogP contribution < -0.4 is 5.32 Å². The highest BCUT2D eigenvalue weighted by molar-refractivity contribution is 5.92. The Hall–Kier alpha value is -1.88. The predicted molar refractivity (Wildman–Crippen MR) is 101 cm³/mol. The van der Waals surface area contributed by atoms with Crippen LogP contribution in [0.2, 0.25) is 0 Å². The Balaban J connectivity index is 1.84. The first kappa shape index (κ1) is 20.4. The summed E-state index contributed by atoms with van der Waals surface area (Å²) in [6.45, 7) is 8.24. The molecule has 0 unspecified atom stereocenters. The smallest absolute Gasteiger partial charge is 0.338 e. The first-order chi connectivity index (χ1) is 12.4. The van der Waals surface area contributed by atoms with Crippen molar-refractivity contribution in [1.82, 2.24) is 5.32 Å². The predicted octanol–water partition coefficient (Wildman–Crippen LogP) is 3.85. The molecule has 26 heavy (non-hydrogen) atoms. The minimum atomic E-state index is -0.805. The molecule has 0 bridgehead atoms. The first-order valence-corrected chi connectivity index (χ1v) is 9.58. The van der Waals surface area contributed by atoms with Crippen LogP contribution in [0.3, 0.4) is 0 Å². The van der Waals surface area contributed by atoms with Gasteiger partial charge in [-0.3, -0.25) is 4.79 Å². The molecule has 0 aliphatic heterocycles. The standard InChI is InChI=1S/C21H31NO4/c1-14(2)25-13-17-9-11-18(12-10-17)21(24)26-16(4)20(23)22-19-8-6-5-7-15(19)3/h9-12,14-16,19H,5-8,13H2,1-4H3,(H,22,23)/t15-,16+,19-/m0/s1. The quantitative estimate of drug-likeness (QED) is 0.749. The van der Waals surface area contributed by atoms with E-state index < -0.39 is 12.1 Å². The average Bonchev–Trinajstić information content (AvgIpc) is 2.62. The van der Waals surface area contributed by atoms with E-state index in [1.165, 1.54) is 6.42 Å². The van der Waals surface area contributed by atoms with Gasteiger partial charge in [-0.15, -0.1) is 0 Å².